The van der Waals surface area contributed by atoms with E-state index >= 15 is 0 Å². The van der Waals surface area contributed by atoms with Crippen LogP contribution in [-0.2, 0) is 6.54 Å². The number of ether oxygens (including phenoxy) is 1. The number of aromatic nitrogens is 2. The van der Waals surface area contributed by atoms with Crippen LogP contribution in [0.5, 0.6) is 11.5 Å². The molecule has 0 aliphatic carbocycles. The zero-order chi connectivity index (χ0) is 27.5. The van der Waals surface area contributed by atoms with Crippen molar-refractivity contribution in [2.45, 2.75) is 32.4 Å². The number of H-pyrrole nitrogens is 1. The highest BCUT2D eigenvalue weighted by atomic mass is 35.5. The Bertz CT molecular complexity index is 1610. The van der Waals surface area contributed by atoms with Gasteiger partial charge in [-0.05, 0) is 74.4 Å². The molecule has 1 aliphatic rings. The van der Waals surface area contributed by atoms with Crippen LogP contribution in [0, 0.1) is 5.82 Å². The molecule has 1 fully saturated rings. The number of para-hydroxylation sites is 2. The number of benzene rings is 3. The number of nitrogens with zero attached hydrogens (tertiary/aromatic N) is 2. The lowest BCUT2D eigenvalue weighted by Crippen LogP contribution is -2.38. The Morgan fingerprint density at radius 3 is 2.85 bits per heavy atom. The molecule has 0 saturated carbocycles. The van der Waals surface area contributed by atoms with Crippen molar-refractivity contribution in [1.29, 1.82) is 0 Å². The molecule has 1 aliphatic heterocycles. The standard InChI is InChI=1S/C30H29ClFN3O4/c1-2-39-29-16-28(37)23(27(36)12-10-19-9-11-21(32)15-24(19)31)14-20(29)17-34-13-5-6-22(18-34)35-26-8-4-3-7-25(26)33-30(35)38/h3-4,7-12,14-16,22,37H,2,5-6,13,17-18H2,1H3,(H,33,38)/b12-10+. The van der Waals surface area contributed by atoms with Gasteiger partial charge in [0, 0.05) is 24.7 Å². The summed E-state index contributed by atoms with van der Waals surface area (Å²) in [5, 5.41) is 10.8. The van der Waals surface area contributed by atoms with Crippen molar-refractivity contribution < 1.29 is 19.0 Å². The van der Waals surface area contributed by atoms with Gasteiger partial charge in [-0.2, -0.15) is 0 Å². The van der Waals surface area contributed by atoms with E-state index in [0.717, 1.165) is 36.0 Å². The number of ketones is 1. The van der Waals surface area contributed by atoms with Crippen LogP contribution in [-0.4, -0.2) is 45.0 Å². The maximum Gasteiger partial charge on any atom is 0.326 e. The van der Waals surface area contributed by atoms with Crippen molar-refractivity contribution >= 4 is 34.5 Å². The zero-order valence-corrected chi connectivity index (χ0v) is 22.2. The number of carbonyl (C=O) groups is 1. The van der Waals surface area contributed by atoms with Gasteiger partial charge < -0.3 is 14.8 Å². The summed E-state index contributed by atoms with van der Waals surface area (Å²) in [6, 6.07) is 14.7. The fourth-order valence-corrected chi connectivity index (χ4v) is 5.41. The van der Waals surface area contributed by atoms with Crippen LogP contribution in [0.2, 0.25) is 5.02 Å². The Balaban J connectivity index is 1.40. The number of piperidine rings is 1. The van der Waals surface area contributed by atoms with Crippen molar-refractivity contribution in [3.05, 3.63) is 98.7 Å². The molecule has 1 unspecified atom stereocenters. The van der Waals surface area contributed by atoms with Crippen LogP contribution in [0.15, 0.2) is 65.5 Å². The molecule has 5 rings (SSSR count). The molecule has 4 aromatic rings. The number of halogens is 2. The van der Waals surface area contributed by atoms with E-state index < -0.39 is 11.6 Å². The van der Waals surface area contributed by atoms with Crippen molar-refractivity contribution in [3.63, 3.8) is 0 Å². The summed E-state index contributed by atoms with van der Waals surface area (Å²) >= 11 is 6.07. The number of allylic oxidation sites excluding steroid dienone is 1. The van der Waals surface area contributed by atoms with Gasteiger partial charge in [0.25, 0.3) is 0 Å². The largest absolute Gasteiger partial charge is 0.507 e. The Hall–Kier alpha value is -3.88. The summed E-state index contributed by atoms with van der Waals surface area (Å²) < 4.78 is 21.0. The summed E-state index contributed by atoms with van der Waals surface area (Å²) in [6.45, 7) is 4.22. The van der Waals surface area contributed by atoms with Crippen LogP contribution in [0.1, 0.15) is 47.3 Å². The minimum atomic E-state index is -0.466. The van der Waals surface area contributed by atoms with Crippen molar-refractivity contribution in [3.8, 4) is 11.5 Å². The first kappa shape index (κ1) is 26.7. The van der Waals surface area contributed by atoms with Crippen LogP contribution in [0.4, 0.5) is 4.39 Å². The molecule has 1 saturated heterocycles. The fraction of sp³-hybridized carbons (Fsp3) is 0.267. The van der Waals surface area contributed by atoms with Crippen molar-refractivity contribution in [2.24, 2.45) is 0 Å². The molecule has 202 valence electrons. The van der Waals surface area contributed by atoms with Crippen LogP contribution in [0.3, 0.4) is 0 Å². The number of nitrogens with one attached hydrogen (secondary N) is 1. The van der Waals surface area contributed by atoms with Gasteiger partial charge in [0.05, 0.1) is 34.3 Å². The summed E-state index contributed by atoms with van der Waals surface area (Å²) in [5.41, 5.74) is 2.96. The predicted octanol–water partition coefficient (Wildman–Crippen LogP) is 5.96. The van der Waals surface area contributed by atoms with Crippen LogP contribution in [0.25, 0.3) is 17.1 Å². The molecule has 1 aromatic heterocycles. The van der Waals surface area contributed by atoms with Gasteiger partial charge in [0.1, 0.15) is 17.3 Å². The van der Waals surface area contributed by atoms with Gasteiger partial charge in [-0.1, -0.05) is 29.8 Å². The second-order valence-corrected chi connectivity index (χ2v) is 10.0. The molecule has 7 nitrogen and oxygen atoms in total. The molecule has 1 atom stereocenters. The van der Waals surface area contributed by atoms with E-state index in [2.05, 4.69) is 9.88 Å². The number of rotatable bonds is 8. The highest BCUT2D eigenvalue weighted by Gasteiger charge is 2.26. The van der Waals surface area contributed by atoms with E-state index in [4.69, 9.17) is 16.3 Å². The first-order valence-corrected chi connectivity index (χ1v) is 13.3. The topological polar surface area (TPSA) is 87.6 Å². The molecule has 0 amide bonds. The second-order valence-electron chi connectivity index (χ2n) is 9.62. The second kappa shape index (κ2) is 11.5. The smallest absolute Gasteiger partial charge is 0.326 e. The zero-order valence-electron chi connectivity index (χ0n) is 21.5. The van der Waals surface area contributed by atoms with Gasteiger partial charge >= 0.3 is 5.69 Å². The maximum atomic E-state index is 13.4. The summed E-state index contributed by atoms with van der Waals surface area (Å²) in [6.07, 6.45) is 4.59. The van der Waals surface area contributed by atoms with Crippen LogP contribution >= 0.6 is 11.6 Å². The maximum absolute atomic E-state index is 13.4. The summed E-state index contributed by atoms with van der Waals surface area (Å²) in [4.78, 5) is 31.0. The Morgan fingerprint density at radius 2 is 2.05 bits per heavy atom. The molecule has 2 heterocycles. The third-order valence-corrected chi connectivity index (χ3v) is 7.31. The lowest BCUT2D eigenvalue weighted by Gasteiger charge is -2.33. The first-order valence-electron chi connectivity index (χ1n) is 12.9. The molecule has 0 spiro atoms. The highest BCUT2D eigenvalue weighted by molar-refractivity contribution is 6.32. The molecular weight excluding hydrogens is 521 g/mol. The van der Waals surface area contributed by atoms with Crippen LogP contribution < -0.4 is 10.4 Å². The number of phenolic OH excluding ortho intramolecular Hbond substituents is 1. The van der Waals surface area contributed by atoms with E-state index in [-0.39, 0.29) is 28.1 Å². The average Bonchev–Trinajstić information content (AvgIpc) is 3.25. The van der Waals surface area contributed by atoms with E-state index in [9.17, 15) is 19.1 Å². The number of carbonyl (C=O) groups excluding carboxylic acids is 1. The monoisotopic (exact) mass is 549 g/mol. The SMILES string of the molecule is CCOc1cc(O)c(C(=O)/C=C/c2ccc(F)cc2Cl)cc1CN1CCCC(n2c(=O)[nH]c3ccccc32)C1. The number of aromatic hydroxyl groups is 1. The molecule has 39 heavy (non-hydrogen) atoms. The number of likely N-dealkylation sites (tertiary alicyclic amines) is 1. The van der Waals surface area contributed by atoms with E-state index in [1.54, 1.807) is 6.07 Å². The number of imidazole rings is 1. The quantitative estimate of drug-likeness (QED) is 0.209. The number of aromatic amines is 1. The minimum Gasteiger partial charge on any atom is -0.507 e. The third-order valence-electron chi connectivity index (χ3n) is 6.98. The average molecular weight is 550 g/mol. The highest BCUT2D eigenvalue weighted by Crippen LogP contribution is 2.32. The Morgan fingerprint density at radius 1 is 1.23 bits per heavy atom. The van der Waals surface area contributed by atoms with Crippen molar-refractivity contribution in [2.75, 3.05) is 19.7 Å². The number of phenols is 1. The summed E-state index contributed by atoms with van der Waals surface area (Å²) in [7, 11) is 0. The first-order chi connectivity index (χ1) is 18.8. The number of hydrogen-bond donors (Lipinski definition) is 2. The van der Waals surface area contributed by atoms with Gasteiger partial charge in [0.15, 0.2) is 5.78 Å². The fourth-order valence-electron chi connectivity index (χ4n) is 5.18. The van der Waals surface area contributed by atoms with E-state index in [1.165, 1.54) is 36.4 Å². The lowest BCUT2D eigenvalue weighted by atomic mass is 10.0. The Labute approximate surface area is 230 Å². The van der Waals surface area contributed by atoms with E-state index in [0.29, 0.717) is 31.0 Å². The summed E-state index contributed by atoms with van der Waals surface area (Å²) in [5.74, 6) is -0.571. The Kier molecular flexibility index (Phi) is 7.86. The van der Waals surface area contributed by atoms with Gasteiger partial charge in [0.2, 0.25) is 0 Å². The van der Waals surface area contributed by atoms with Gasteiger partial charge in [-0.15, -0.1) is 0 Å². The molecule has 2 N–H and O–H groups in total. The predicted molar refractivity (Wildman–Crippen MR) is 150 cm³/mol. The van der Waals surface area contributed by atoms with E-state index in [1.807, 2.05) is 35.8 Å². The minimum absolute atomic E-state index is 0.000415. The molecule has 3 aromatic carbocycles. The van der Waals surface area contributed by atoms with Gasteiger partial charge in [-0.25, -0.2) is 9.18 Å². The normalized spacial score (nSPS) is 16.2. The van der Waals surface area contributed by atoms with Crippen molar-refractivity contribution in [1.82, 2.24) is 14.5 Å². The number of fused-ring (bicyclic) bond motifs is 1. The molecule has 0 radical (unpaired) electrons. The number of hydrogen-bond acceptors (Lipinski definition) is 5. The molecule has 9 heteroatoms. The third kappa shape index (κ3) is 5.77. The molecule has 0 bridgehead atoms. The molecular formula is C30H29ClFN3O4. The van der Waals surface area contributed by atoms with Gasteiger partial charge in [-0.3, -0.25) is 14.3 Å². The lowest BCUT2D eigenvalue weighted by molar-refractivity contribution is 0.104.